The van der Waals surface area contributed by atoms with E-state index in [1.807, 2.05) is 12.1 Å². The molecule has 0 unspecified atom stereocenters. The number of rotatable bonds is 6. The molecule has 1 atom stereocenters. The highest BCUT2D eigenvalue weighted by molar-refractivity contribution is 5.99. The van der Waals surface area contributed by atoms with Crippen molar-refractivity contribution in [3.05, 3.63) is 24.3 Å². The molecule has 1 fully saturated rings. The van der Waals surface area contributed by atoms with Gasteiger partial charge in [0.25, 0.3) is 5.91 Å². The monoisotopic (exact) mass is 333 g/mol. The molecule has 0 bridgehead atoms. The molecule has 0 spiro atoms. The standard InChI is InChI=1S/C17H23N3O4/c21-16(18-6-3-7-20-8-10-23-11-9-20)12-15-17(22)19-13-4-1-2-5-14(13)24-15/h1-2,4-5,15H,3,6-12H2,(H,18,21)(H,19,22)/t15-/m1/s1. The lowest BCUT2D eigenvalue weighted by molar-refractivity contribution is -0.130. The van der Waals surface area contributed by atoms with Crippen LogP contribution in [0, 0.1) is 0 Å². The number of ether oxygens (including phenoxy) is 2. The molecule has 0 radical (unpaired) electrons. The average Bonchev–Trinajstić information content (AvgIpc) is 2.60. The average molecular weight is 333 g/mol. The molecule has 7 heteroatoms. The fourth-order valence-corrected chi connectivity index (χ4v) is 2.82. The number of carbonyl (C=O) groups is 2. The summed E-state index contributed by atoms with van der Waals surface area (Å²) in [7, 11) is 0. The molecule has 7 nitrogen and oxygen atoms in total. The number of benzene rings is 1. The second-order valence-electron chi connectivity index (χ2n) is 5.95. The number of nitrogens with zero attached hydrogens (tertiary/aromatic N) is 1. The molecule has 24 heavy (non-hydrogen) atoms. The van der Waals surface area contributed by atoms with Crippen molar-refractivity contribution in [3.8, 4) is 5.75 Å². The lowest BCUT2D eigenvalue weighted by atomic mass is 10.1. The van der Waals surface area contributed by atoms with Crippen molar-refractivity contribution in [1.29, 1.82) is 0 Å². The number of anilines is 1. The molecule has 1 aromatic carbocycles. The van der Waals surface area contributed by atoms with Crippen LogP contribution >= 0.6 is 0 Å². The number of hydrogen-bond acceptors (Lipinski definition) is 5. The zero-order valence-electron chi connectivity index (χ0n) is 13.6. The van der Waals surface area contributed by atoms with Gasteiger partial charge in [-0.2, -0.15) is 0 Å². The molecule has 130 valence electrons. The van der Waals surface area contributed by atoms with Gasteiger partial charge in [0.15, 0.2) is 6.10 Å². The van der Waals surface area contributed by atoms with Gasteiger partial charge in [0.2, 0.25) is 5.91 Å². The maximum absolute atomic E-state index is 12.0. The second-order valence-corrected chi connectivity index (χ2v) is 5.95. The minimum absolute atomic E-state index is 0.0255. The summed E-state index contributed by atoms with van der Waals surface area (Å²) in [6.07, 6.45) is 0.128. The number of para-hydroxylation sites is 2. The van der Waals surface area contributed by atoms with Crippen molar-refractivity contribution >= 4 is 17.5 Å². The van der Waals surface area contributed by atoms with E-state index in [9.17, 15) is 9.59 Å². The zero-order valence-corrected chi connectivity index (χ0v) is 13.6. The fraction of sp³-hybridized carbons (Fsp3) is 0.529. The first-order chi connectivity index (χ1) is 11.7. The Labute approximate surface area is 141 Å². The molecular weight excluding hydrogens is 310 g/mol. The highest BCUT2D eigenvalue weighted by atomic mass is 16.5. The fourth-order valence-electron chi connectivity index (χ4n) is 2.82. The molecule has 2 heterocycles. The lowest BCUT2D eigenvalue weighted by Gasteiger charge is -2.26. The smallest absolute Gasteiger partial charge is 0.266 e. The summed E-state index contributed by atoms with van der Waals surface area (Å²) in [5.74, 6) is 0.149. The van der Waals surface area contributed by atoms with Crippen LogP contribution in [0.25, 0.3) is 0 Å². The largest absolute Gasteiger partial charge is 0.478 e. The maximum atomic E-state index is 12.0. The van der Waals surface area contributed by atoms with Crippen LogP contribution in [0.15, 0.2) is 24.3 Å². The van der Waals surface area contributed by atoms with Gasteiger partial charge in [-0.25, -0.2) is 0 Å². The first-order valence-corrected chi connectivity index (χ1v) is 8.36. The number of hydrogen-bond donors (Lipinski definition) is 2. The van der Waals surface area contributed by atoms with Crippen LogP contribution in [0.3, 0.4) is 0 Å². The molecule has 1 aromatic rings. The van der Waals surface area contributed by atoms with Gasteiger partial charge in [0.05, 0.1) is 25.3 Å². The zero-order chi connectivity index (χ0) is 16.8. The summed E-state index contributed by atoms with van der Waals surface area (Å²) in [6, 6.07) is 7.21. The van der Waals surface area contributed by atoms with Gasteiger partial charge in [-0.05, 0) is 25.1 Å². The predicted octanol–water partition coefficient (Wildman–Crippen LogP) is 0.615. The van der Waals surface area contributed by atoms with Crippen LogP contribution < -0.4 is 15.4 Å². The van der Waals surface area contributed by atoms with Crippen LogP contribution in [-0.4, -0.2) is 62.2 Å². The van der Waals surface area contributed by atoms with Crippen molar-refractivity contribution in [2.45, 2.75) is 18.9 Å². The summed E-state index contributed by atoms with van der Waals surface area (Å²) in [5.41, 5.74) is 0.643. The van der Waals surface area contributed by atoms with Gasteiger partial charge in [-0.1, -0.05) is 12.1 Å². The topological polar surface area (TPSA) is 79.9 Å². The van der Waals surface area contributed by atoms with Crippen molar-refractivity contribution < 1.29 is 19.1 Å². The lowest BCUT2D eigenvalue weighted by Crippen LogP contribution is -2.41. The molecule has 2 aliphatic heterocycles. The van der Waals surface area contributed by atoms with E-state index in [2.05, 4.69) is 15.5 Å². The van der Waals surface area contributed by atoms with E-state index < -0.39 is 6.10 Å². The second kappa shape index (κ2) is 8.12. The van der Waals surface area contributed by atoms with Crippen molar-refractivity contribution in [2.75, 3.05) is 44.7 Å². The molecule has 0 aliphatic carbocycles. The van der Waals surface area contributed by atoms with E-state index in [1.54, 1.807) is 12.1 Å². The van der Waals surface area contributed by atoms with E-state index in [0.29, 0.717) is 18.0 Å². The normalized spacial score (nSPS) is 20.7. The van der Waals surface area contributed by atoms with Gasteiger partial charge >= 0.3 is 0 Å². The molecule has 0 saturated carbocycles. The van der Waals surface area contributed by atoms with Crippen LogP contribution in [0.2, 0.25) is 0 Å². The number of nitrogens with one attached hydrogen (secondary N) is 2. The van der Waals surface area contributed by atoms with Gasteiger partial charge in [-0.15, -0.1) is 0 Å². The minimum Gasteiger partial charge on any atom is -0.478 e. The van der Waals surface area contributed by atoms with E-state index >= 15 is 0 Å². The molecule has 3 rings (SSSR count). The summed E-state index contributed by atoms with van der Waals surface area (Å²) in [4.78, 5) is 26.3. The van der Waals surface area contributed by atoms with E-state index in [0.717, 1.165) is 39.3 Å². The van der Waals surface area contributed by atoms with E-state index in [4.69, 9.17) is 9.47 Å². The van der Waals surface area contributed by atoms with Gasteiger partial charge in [0.1, 0.15) is 5.75 Å². The highest BCUT2D eigenvalue weighted by Crippen LogP contribution is 2.29. The third-order valence-corrected chi connectivity index (χ3v) is 4.15. The van der Waals surface area contributed by atoms with Crippen molar-refractivity contribution in [1.82, 2.24) is 10.2 Å². The Kier molecular flexibility index (Phi) is 5.66. The highest BCUT2D eigenvalue weighted by Gasteiger charge is 2.29. The Morgan fingerprint density at radius 3 is 2.92 bits per heavy atom. The van der Waals surface area contributed by atoms with Crippen LogP contribution in [0.5, 0.6) is 5.75 Å². The number of carbonyl (C=O) groups excluding carboxylic acids is 2. The van der Waals surface area contributed by atoms with E-state index in [1.165, 1.54) is 0 Å². The first kappa shape index (κ1) is 16.7. The van der Waals surface area contributed by atoms with Gasteiger partial charge in [0, 0.05) is 19.6 Å². The minimum atomic E-state index is -0.779. The SMILES string of the molecule is O=C(C[C@H]1Oc2ccccc2NC1=O)NCCCN1CCOCC1. The Balaban J connectivity index is 1.38. The predicted molar refractivity (Wildman–Crippen MR) is 89.0 cm³/mol. The quantitative estimate of drug-likeness (QED) is 0.746. The Hall–Kier alpha value is -2.12. The van der Waals surface area contributed by atoms with Crippen LogP contribution in [0.1, 0.15) is 12.8 Å². The number of amides is 2. The molecular formula is C17H23N3O4. The summed E-state index contributed by atoms with van der Waals surface area (Å²) >= 11 is 0. The van der Waals surface area contributed by atoms with Crippen molar-refractivity contribution in [3.63, 3.8) is 0 Å². The molecule has 2 aliphatic rings. The van der Waals surface area contributed by atoms with Gasteiger partial charge in [-0.3, -0.25) is 14.5 Å². The number of morpholine rings is 1. The van der Waals surface area contributed by atoms with E-state index in [-0.39, 0.29) is 18.2 Å². The third kappa shape index (κ3) is 4.46. The molecule has 2 amide bonds. The van der Waals surface area contributed by atoms with Gasteiger partial charge < -0.3 is 20.1 Å². The Morgan fingerprint density at radius 1 is 1.29 bits per heavy atom. The summed E-state index contributed by atoms with van der Waals surface area (Å²) < 4.78 is 10.9. The summed E-state index contributed by atoms with van der Waals surface area (Å²) in [5, 5.41) is 5.62. The third-order valence-electron chi connectivity index (χ3n) is 4.15. The summed E-state index contributed by atoms with van der Waals surface area (Å²) in [6.45, 7) is 5.00. The molecule has 0 aromatic heterocycles. The van der Waals surface area contributed by atoms with Crippen LogP contribution in [-0.2, 0) is 14.3 Å². The van der Waals surface area contributed by atoms with Crippen molar-refractivity contribution in [2.24, 2.45) is 0 Å². The number of fused-ring (bicyclic) bond motifs is 1. The Morgan fingerprint density at radius 2 is 2.08 bits per heavy atom. The molecule has 2 N–H and O–H groups in total. The first-order valence-electron chi connectivity index (χ1n) is 8.36. The Bertz CT molecular complexity index is 587. The maximum Gasteiger partial charge on any atom is 0.266 e. The van der Waals surface area contributed by atoms with Crippen LogP contribution in [0.4, 0.5) is 5.69 Å². The molecule has 1 saturated heterocycles.